The van der Waals surface area contributed by atoms with Gasteiger partial charge in [-0.05, 0) is 6.08 Å². The largest absolute Gasteiger partial charge is 0.477 e. The summed E-state index contributed by atoms with van der Waals surface area (Å²) in [7, 11) is 0. The van der Waals surface area contributed by atoms with Crippen molar-refractivity contribution >= 4 is 48.5 Å². The monoisotopic (exact) mass is 257 g/mol. The first-order valence-corrected chi connectivity index (χ1v) is 4.62. The molecule has 80 valence electrons. The van der Waals surface area contributed by atoms with Gasteiger partial charge < -0.3 is 5.11 Å². The number of carbonyl (C=O) groups excluding carboxylic acids is 1. The second-order valence-electron chi connectivity index (χ2n) is 2.65. The van der Waals surface area contributed by atoms with Gasteiger partial charge in [0.15, 0.2) is 0 Å². The van der Waals surface area contributed by atoms with Crippen LogP contribution in [0.5, 0.6) is 0 Å². The van der Waals surface area contributed by atoms with Crippen LogP contribution >= 0.6 is 36.6 Å². The van der Waals surface area contributed by atoms with E-state index in [4.69, 9.17) is 5.11 Å². The Bertz CT molecular complexity index is 295. The zero-order chi connectivity index (χ0) is 8.72. The fourth-order valence-corrected chi connectivity index (χ4v) is 2.45. The second-order valence-corrected chi connectivity index (χ2v) is 3.86. The van der Waals surface area contributed by atoms with E-state index in [0.717, 1.165) is 0 Å². The highest BCUT2D eigenvalue weighted by atomic mass is 35.5. The van der Waals surface area contributed by atoms with Crippen molar-refractivity contribution in [3.05, 3.63) is 11.8 Å². The summed E-state index contributed by atoms with van der Waals surface area (Å²) in [6.07, 6.45) is 2.07. The number of fused-ring (bicyclic) bond motifs is 1. The minimum Gasteiger partial charge on any atom is -0.477 e. The van der Waals surface area contributed by atoms with Crippen LogP contribution in [0.3, 0.4) is 0 Å². The van der Waals surface area contributed by atoms with Crippen molar-refractivity contribution in [2.75, 3.05) is 5.75 Å². The molecule has 0 aromatic carbocycles. The Morgan fingerprint density at radius 1 is 1.57 bits per heavy atom. The average molecular weight is 258 g/mol. The third-order valence-electron chi connectivity index (χ3n) is 1.95. The molecule has 4 nitrogen and oxygen atoms in total. The van der Waals surface area contributed by atoms with Gasteiger partial charge in [0, 0.05) is 5.75 Å². The van der Waals surface area contributed by atoms with Gasteiger partial charge >= 0.3 is 5.97 Å². The highest BCUT2D eigenvalue weighted by Crippen LogP contribution is 2.36. The number of hydrogen-bond acceptors (Lipinski definition) is 3. The van der Waals surface area contributed by atoms with E-state index in [2.05, 4.69) is 0 Å². The molecule has 2 heterocycles. The van der Waals surface area contributed by atoms with Gasteiger partial charge in [0.25, 0.3) is 0 Å². The summed E-state index contributed by atoms with van der Waals surface area (Å²) >= 11 is 1.60. The maximum atomic E-state index is 11.0. The number of nitrogens with zero attached hydrogens (tertiary/aromatic N) is 1. The molecular formula is C7H9Cl2NO3S. The van der Waals surface area contributed by atoms with Crippen LogP contribution < -0.4 is 0 Å². The summed E-state index contributed by atoms with van der Waals surface area (Å²) in [6, 6.07) is 0. The number of thioether (sulfide) groups is 1. The molecule has 0 aliphatic carbocycles. The van der Waals surface area contributed by atoms with Crippen LogP contribution in [-0.4, -0.2) is 33.0 Å². The molecule has 1 saturated heterocycles. The number of amides is 1. The summed E-state index contributed by atoms with van der Waals surface area (Å²) in [5.41, 5.74) is 0.148. The quantitative estimate of drug-likeness (QED) is 0.715. The maximum Gasteiger partial charge on any atom is 0.352 e. The maximum absolute atomic E-state index is 11.0. The van der Waals surface area contributed by atoms with Crippen LogP contribution in [0.2, 0.25) is 0 Å². The van der Waals surface area contributed by atoms with Crippen molar-refractivity contribution in [1.82, 2.24) is 4.90 Å². The molecule has 0 bridgehead atoms. The first kappa shape index (κ1) is 13.6. The average Bonchev–Trinajstić information content (AvgIpc) is 2.01. The van der Waals surface area contributed by atoms with Crippen molar-refractivity contribution < 1.29 is 14.7 Å². The van der Waals surface area contributed by atoms with E-state index in [-0.39, 0.29) is 41.8 Å². The highest BCUT2D eigenvalue weighted by molar-refractivity contribution is 8.00. The SMILES string of the molecule is Cl.Cl.O=C(O)C1=CCS[C@@H]2CC(=O)N12. The van der Waals surface area contributed by atoms with E-state index < -0.39 is 5.97 Å². The lowest BCUT2D eigenvalue weighted by molar-refractivity contribution is -0.146. The summed E-state index contributed by atoms with van der Waals surface area (Å²) < 4.78 is 0. The molecule has 0 saturated carbocycles. The van der Waals surface area contributed by atoms with Crippen LogP contribution in [-0.2, 0) is 9.59 Å². The molecule has 0 spiro atoms. The van der Waals surface area contributed by atoms with E-state index in [9.17, 15) is 9.59 Å². The molecule has 14 heavy (non-hydrogen) atoms. The molecule has 0 radical (unpaired) electrons. The predicted octanol–water partition coefficient (Wildman–Crippen LogP) is 1.10. The van der Waals surface area contributed by atoms with Crippen LogP contribution in [0, 0.1) is 0 Å². The second kappa shape index (κ2) is 4.91. The minimum atomic E-state index is -1.01. The fraction of sp³-hybridized carbons (Fsp3) is 0.429. The Hall–Kier alpha value is -0.390. The number of hydrogen-bond donors (Lipinski definition) is 1. The first-order chi connectivity index (χ1) is 5.70. The van der Waals surface area contributed by atoms with Crippen LogP contribution in [0.25, 0.3) is 0 Å². The standard InChI is InChI=1S/C7H7NO3S.2ClH/c9-5-3-6-8(5)4(7(10)11)1-2-12-6;;/h1,6H,2-3H2,(H,10,11);2*1H/t6-;;/m1../s1. The molecule has 0 unspecified atom stereocenters. The molecule has 7 heteroatoms. The lowest BCUT2D eigenvalue weighted by Gasteiger charge is -2.42. The van der Waals surface area contributed by atoms with Gasteiger partial charge in [-0.2, -0.15) is 0 Å². The molecule has 1 N–H and O–H groups in total. The Labute approximate surface area is 97.5 Å². The number of β-lactam (4-membered cyclic amide) rings is 1. The van der Waals surface area contributed by atoms with E-state index in [1.54, 1.807) is 17.8 Å². The van der Waals surface area contributed by atoms with Gasteiger partial charge in [-0.25, -0.2) is 4.79 Å². The lowest BCUT2D eigenvalue weighted by Crippen LogP contribution is -2.52. The molecule has 0 aromatic heterocycles. The van der Waals surface area contributed by atoms with E-state index in [1.165, 1.54) is 4.90 Å². The van der Waals surface area contributed by atoms with Crippen LogP contribution in [0.4, 0.5) is 0 Å². The third-order valence-corrected chi connectivity index (χ3v) is 3.07. The van der Waals surface area contributed by atoms with E-state index in [1.807, 2.05) is 0 Å². The first-order valence-electron chi connectivity index (χ1n) is 3.57. The molecule has 2 aliphatic heterocycles. The zero-order valence-electron chi connectivity index (χ0n) is 7.00. The minimum absolute atomic E-state index is 0. The molecule has 2 rings (SSSR count). The lowest BCUT2D eigenvalue weighted by atomic mass is 10.1. The van der Waals surface area contributed by atoms with Crippen molar-refractivity contribution in [2.45, 2.75) is 11.8 Å². The summed E-state index contributed by atoms with van der Waals surface area (Å²) in [6.45, 7) is 0. The van der Waals surface area contributed by atoms with Gasteiger partial charge in [-0.3, -0.25) is 9.69 Å². The topological polar surface area (TPSA) is 57.6 Å². The molecule has 1 atom stereocenters. The van der Waals surface area contributed by atoms with Crippen LogP contribution in [0.1, 0.15) is 6.42 Å². The number of rotatable bonds is 1. The molecule has 0 aromatic rings. The smallest absolute Gasteiger partial charge is 0.352 e. The molecule has 1 amide bonds. The Morgan fingerprint density at radius 3 is 2.64 bits per heavy atom. The van der Waals surface area contributed by atoms with Gasteiger partial charge in [-0.1, -0.05) is 0 Å². The fourth-order valence-electron chi connectivity index (χ4n) is 1.34. The Balaban J connectivity index is 0.000000845. The van der Waals surface area contributed by atoms with Crippen LogP contribution in [0.15, 0.2) is 11.8 Å². The van der Waals surface area contributed by atoms with E-state index >= 15 is 0 Å². The normalized spacial score (nSPS) is 23.4. The molecule has 1 fully saturated rings. The van der Waals surface area contributed by atoms with Gasteiger partial charge in [0.2, 0.25) is 5.91 Å². The number of carboxylic acids is 1. The highest BCUT2D eigenvalue weighted by Gasteiger charge is 2.42. The number of carboxylic acid groups (broad SMARTS) is 1. The number of carbonyl (C=O) groups is 2. The van der Waals surface area contributed by atoms with Gasteiger partial charge in [-0.15, -0.1) is 36.6 Å². The Kier molecular flexibility index (Phi) is 4.77. The van der Waals surface area contributed by atoms with Crippen molar-refractivity contribution in [3.63, 3.8) is 0 Å². The zero-order valence-corrected chi connectivity index (χ0v) is 9.45. The number of halogens is 2. The summed E-state index contributed by atoms with van der Waals surface area (Å²) in [5, 5.41) is 8.78. The van der Waals surface area contributed by atoms with Gasteiger partial charge in [0.1, 0.15) is 5.70 Å². The van der Waals surface area contributed by atoms with E-state index in [0.29, 0.717) is 12.2 Å². The van der Waals surface area contributed by atoms with Crippen molar-refractivity contribution in [1.29, 1.82) is 0 Å². The van der Waals surface area contributed by atoms with Crippen molar-refractivity contribution in [2.24, 2.45) is 0 Å². The number of aliphatic carboxylic acids is 1. The molecular weight excluding hydrogens is 249 g/mol. The summed E-state index contributed by atoms with van der Waals surface area (Å²) in [5.74, 6) is -0.398. The Morgan fingerprint density at radius 2 is 2.21 bits per heavy atom. The predicted molar refractivity (Wildman–Crippen MR) is 57.9 cm³/mol. The van der Waals surface area contributed by atoms with Gasteiger partial charge in [0.05, 0.1) is 11.8 Å². The third kappa shape index (κ3) is 1.99. The summed E-state index contributed by atoms with van der Waals surface area (Å²) in [4.78, 5) is 23.0. The van der Waals surface area contributed by atoms with Crippen molar-refractivity contribution in [3.8, 4) is 0 Å². The molecule has 2 aliphatic rings.